The maximum absolute atomic E-state index is 11.6. The van der Waals surface area contributed by atoms with E-state index >= 15 is 0 Å². The molecule has 3 rings (SSSR count). The van der Waals surface area contributed by atoms with Gasteiger partial charge in [-0.1, -0.05) is 30.3 Å². The van der Waals surface area contributed by atoms with Crippen LogP contribution in [0, 0.1) is 6.92 Å². The van der Waals surface area contributed by atoms with E-state index in [1.54, 1.807) is 0 Å². The lowest BCUT2D eigenvalue weighted by molar-refractivity contribution is 0.0695. The molecular formula is C15H14N2O2. The van der Waals surface area contributed by atoms with E-state index in [0.717, 1.165) is 18.4 Å². The quantitative estimate of drug-likeness (QED) is 0.914. The molecule has 0 amide bonds. The van der Waals surface area contributed by atoms with Crippen molar-refractivity contribution in [2.45, 2.75) is 25.7 Å². The third kappa shape index (κ3) is 2.21. The molecule has 4 nitrogen and oxygen atoms in total. The first-order valence-corrected chi connectivity index (χ1v) is 6.34. The molecule has 0 bridgehead atoms. The van der Waals surface area contributed by atoms with Crippen LogP contribution in [-0.4, -0.2) is 21.0 Å². The molecule has 1 saturated carbocycles. The number of carbonyl (C=O) groups is 1. The molecular weight excluding hydrogens is 240 g/mol. The van der Waals surface area contributed by atoms with Gasteiger partial charge in [0, 0.05) is 11.5 Å². The van der Waals surface area contributed by atoms with Crippen molar-refractivity contribution in [3.8, 4) is 11.3 Å². The highest BCUT2D eigenvalue weighted by molar-refractivity contribution is 5.96. The Labute approximate surface area is 111 Å². The van der Waals surface area contributed by atoms with Crippen molar-refractivity contribution in [2.24, 2.45) is 0 Å². The third-order valence-electron chi connectivity index (χ3n) is 3.27. The zero-order valence-corrected chi connectivity index (χ0v) is 10.6. The standard InChI is InChI=1S/C15H14N2O2/c1-9-16-13(10-5-3-2-4-6-10)12(15(18)19)14(17-9)11-7-8-11/h2-6,11H,7-8H2,1H3,(H,18,19). The van der Waals surface area contributed by atoms with Crippen LogP contribution in [0.4, 0.5) is 0 Å². The molecule has 1 aromatic carbocycles. The molecule has 1 aromatic heterocycles. The van der Waals surface area contributed by atoms with Crippen molar-refractivity contribution >= 4 is 5.97 Å². The van der Waals surface area contributed by atoms with Gasteiger partial charge in [-0.15, -0.1) is 0 Å². The first-order chi connectivity index (χ1) is 9.16. The van der Waals surface area contributed by atoms with Gasteiger partial charge in [0.1, 0.15) is 11.4 Å². The summed E-state index contributed by atoms with van der Waals surface area (Å²) in [4.78, 5) is 20.3. The lowest BCUT2D eigenvalue weighted by Gasteiger charge is -2.11. The summed E-state index contributed by atoms with van der Waals surface area (Å²) < 4.78 is 0. The molecule has 1 aliphatic rings. The van der Waals surface area contributed by atoms with Gasteiger partial charge < -0.3 is 5.11 Å². The molecule has 0 atom stereocenters. The maximum Gasteiger partial charge on any atom is 0.339 e. The zero-order valence-electron chi connectivity index (χ0n) is 10.6. The van der Waals surface area contributed by atoms with Crippen molar-refractivity contribution in [1.82, 2.24) is 9.97 Å². The minimum atomic E-state index is -0.944. The first-order valence-electron chi connectivity index (χ1n) is 6.34. The zero-order chi connectivity index (χ0) is 13.4. The Balaban J connectivity index is 2.25. The molecule has 0 spiro atoms. The van der Waals surface area contributed by atoms with Crippen molar-refractivity contribution in [1.29, 1.82) is 0 Å². The number of aryl methyl sites for hydroxylation is 1. The number of benzene rings is 1. The van der Waals surface area contributed by atoms with Gasteiger partial charge in [-0.05, 0) is 19.8 Å². The molecule has 4 heteroatoms. The Kier molecular flexibility index (Phi) is 2.78. The van der Waals surface area contributed by atoms with Gasteiger partial charge in [0.25, 0.3) is 0 Å². The second kappa shape index (κ2) is 4.46. The summed E-state index contributed by atoms with van der Waals surface area (Å²) in [6.45, 7) is 1.81. The number of carboxylic acids is 1. The lowest BCUT2D eigenvalue weighted by atomic mass is 10.0. The van der Waals surface area contributed by atoms with Crippen LogP contribution in [0.25, 0.3) is 11.3 Å². The molecule has 0 radical (unpaired) electrons. The number of rotatable bonds is 3. The summed E-state index contributed by atoms with van der Waals surface area (Å²) in [6.07, 6.45) is 2.04. The van der Waals surface area contributed by atoms with Crippen LogP contribution in [0.15, 0.2) is 30.3 Å². The van der Waals surface area contributed by atoms with Crippen molar-refractivity contribution < 1.29 is 9.90 Å². The van der Waals surface area contributed by atoms with Crippen LogP contribution >= 0.6 is 0 Å². The summed E-state index contributed by atoms with van der Waals surface area (Å²) in [7, 11) is 0. The minimum absolute atomic E-state index is 0.263. The predicted molar refractivity (Wildman–Crippen MR) is 71.1 cm³/mol. The fourth-order valence-electron chi connectivity index (χ4n) is 2.26. The van der Waals surface area contributed by atoms with E-state index < -0.39 is 5.97 Å². The number of carboxylic acid groups (broad SMARTS) is 1. The SMILES string of the molecule is Cc1nc(-c2ccccc2)c(C(=O)O)c(C2CC2)n1. The van der Waals surface area contributed by atoms with Gasteiger partial charge in [-0.25, -0.2) is 14.8 Å². The van der Waals surface area contributed by atoms with E-state index in [0.29, 0.717) is 17.2 Å². The molecule has 0 saturated heterocycles. The smallest absolute Gasteiger partial charge is 0.339 e. The molecule has 96 valence electrons. The largest absolute Gasteiger partial charge is 0.478 e. The fourth-order valence-corrected chi connectivity index (χ4v) is 2.26. The van der Waals surface area contributed by atoms with E-state index in [2.05, 4.69) is 9.97 Å². The molecule has 0 unspecified atom stereocenters. The van der Waals surface area contributed by atoms with Crippen LogP contribution in [0.5, 0.6) is 0 Å². The maximum atomic E-state index is 11.6. The minimum Gasteiger partial charge on any atom is -0.478 e. The van der Waals surface area contributed by atoms with Gasteiger partial charge in [-0.2, -0.15) is 0 Å². The Bertz CT molecular complexity index is 634. The third-order valence-corrected chi connectivity index (χ3v) is 3.27. The molecule has 1 fully saturated rings. The highest BCUT2D eigenvalue weighted by atomic mass is 16.4. The normalized spacial score (nSPS) is 14.4. The number of aromatic nitrogens is 2. The van der Waals surface area contributed by atoms with Gasteiger partial charge in [0.05, 0.1) is 11.4 Å². The Morgan fingerprint density at radius 3 is 2.47 bits per heavy atom. The highest BCUT2D eigenvalue weighted by Crippen LogP contribution is 2.42. The van der Waals surface area contributed by atoms with Crippen LogP contribution in [0.2, 0.25) is 0 Å². The summed E-state index contributed by atoms with van der Waals surface area (Å²) in [6, 6.07) is 9.43. The second-order valence-corrected chi connectivity index (χ2v) is 4.83. The molecule has 1 aliphatic carbocycles. The molecule has 1 N–H and O–H groups in total. The van der Waals surface area contributed by atoms with E-state index in [1.165, 1.54) is 0 Å². The van der Waals surface area contributed by atoms with Gasteiger partial charge in [0.2, 0.25) is 0 Å². The highest BCUT2D eigenvalue weighted by Gasteiger charge is 2.32. The lowest BCUT2D eigenvalue weighted by Crippen LogP contribution is -2.10. The molecule has 0 aliphatic heterocycles. The average Bonchev–Trinajstić information content (AvgIpc) is 3.22. The van der Waals surface area contributed by atoms with Crippen LogP contribution in [-0.2, 0) is 0 Å². The molecule has 19 heavy (non-hydrogen) atoms. The summed E-state index contributed by atoms with van der Waals surface area (Å²) in [5, 5.41) is 9.50. The Morgan fingerprint density at radius 1 is 1.21 bits per heavy atom. The van der Waals surface area contributed by atoms with E-state index in [4.69, 9.17) is 0 Å². The topological polar surface area (TPSA) is 63.1 Å². The van der Waals surface area contributed by atoms with Crippen LogP contribution in [0.3, 0.4) is 0 Å². The summed E-state index contributed by atoms with van der Waals surface area (Å²) in [5.41, 5.74) is 2.31. The average molecular weight is 254 g/mol. The number of hydrogen-bond donors (Lipinski definition) is 1. The Morgan fingerprint density at radius 2 is 1.89 bits per heavy atom. The van der Waals surface area contributed by atoms with Gasteiger partial charge >= 0.3 is 5.97 Å². The second-order valence-electron chi connectivity index (χ2n) is 4.83. The summed E-state index contributed by atoms with van der Waals surface area (Å²) >= 11 is 0. The monoisotopic (exact) mass is 254 g/mol. The molecule has 1 heterocycles. The van der Waals surface area contributed by atoms with E-state index in [1.807, 2.05) is 37.3 Å². The van der Waals surface area contributed by atoms with Crippen molar-refractivity contribution in [3.05, 3.63) is 47.4 Å². The van der Waals surface area contributed by atoms with E-state index in [9.17, 15) is 9.90 Å². The fraction of sp³-hybridized carbons (Fsp3) is 0.267. The number of aromatic carboxylic acids is 1. The number of nitrogens with zero attached hydrogens (tertiary/aromatic N) is 2. The Hall–Kier alpha value is -2.23. The van der Waals surface area contributed by atoms with Crippen LogP contribution in [0.1, 0.15) is 40.6 Å². The van der Waals surface area contributed by atoms with Gasteiger partial charge in [0.15, 0.2) is 0 Å². The van der Waals surface area contributed by atoms with Crippen molar-refractivity contribution in [2.75, 3.05) is 0 Å². The number of hydrogen-bond acceptors (Lipinski definition) is 3. The first kappa shape index (κ1) is 11.8. The van der Waals surface area contributed by atoms with E-state index in [-0.39, 0.29) is 11.5 Å². The van der Waals surface area contributed by atoms with Gasteiger partial charge in [-0.3, -0.25) is 0 Å². The predicted octanol–water partition coefficient (Wildman–Crippen LogP) is 3.03. The van der Waals surface area contributed by atoms with Crippen LogP contribution < -0.4 is 0 Å². The molecule has 2 aromatic rings. The van der Waals surface area contributed by atoms with Crippen molar-refractivity contribution in [3.63, 3.8) is 0 Å². The summed E-state index contributed by atoms with van der Waals surface area (Å²) in [5.74, 6) is -0.0261.